The van der Waals surface area contributed by atoms with E-state index in [2.05, 4.69) is 0 Å². The summed E-state index contributed by atoms with van der Waals surface area (Å²) in [4.78, 5) is 14.4. The van der Waals surface area contributed by atoms with E-state index in [-0.39, 0.29) is 23.1 Å². The minimum Gasteiger partial charge on any atom is -0.376 e. The molecule has 2 aromatic carbocycles. The summed E-state index contributed by atoms with van der Waals surface area (Å²) in [5, 5.41) is 9.72. The molecule has 0 heterocycles. The largest absolute Gasteiger partial charge is 0.421 e. The van der Waals surface area contributed by atoms with Crippen LogP contribution in [0.15, 0.2) is 54.6 Å². The maximum absolute atomic E-state index is 12.9. The Morgan fingerprint density at radius 2 is 1.62 bits per heavy atom. The van der Waals surface area contributed by atoms with Crippen LogP contribution in [0.3, 0.4) is 0 Å². The smallest absolute Gasteiger partial charge is 0.376 e. The van der Waals surface area contributed by atoms with Crippen LogP contribution in [0.1, 0.15) is 48.3 Å². The topological polar surface area (TPSA) is 40.5 Å². The van der Waals surface area contributed by atoms with Crippen molar-refractivity contribution in [2.45, 2.75) is 38.6 Å². The minimum absolute atomic E-state index is 0.174. The fourth-order valence-electron chi connectivity index (χ4n) is 2.77. The Bertz CT molecular complexity index is 740. The average Bonchev–Trinajstić information content (AvgIpc) is 2.62. The lowest BCUT2D eigenvalue weighted by Crippen LogP contribution is -2.39. The molecule has 0 bridgehead atoms. The van der Waals surface area contributed by atoms with Crippen molar-refractivity contribution in [3.05, 3.63) is 71.3 Å². The van der Waals surface area contributed by atoms with Gasteiger partial charge in [0.05, 0.1) is 6.04 Å². The quantitative estimate of drug-likeness (QED) is 0.836. The van der Waals surface area contributed by atoms with Gasteiger partial charge in [-0.2, -0.15) is 13.2 Å². The van der Waals surface area contributed by atoms with Gasteiger partial charge in [0.1, 0.15) is 0 Å². The third-order valence-corrected chi connectivity index (χ3v) is 4.60. The lowest BCUT2D eigenvalue weighted by molar-refractivity contribution is -0.258. The summed E-state index contributed by atoms with van der Waals surface area (Å²) in [5.74, 6) is -0.276. The number of benzene rings is 2. The van der Waals surface area contributed by atoms with Crippen LogP contribution in [-0.2, 0) is 5.60 Å². The Hall–Kier alpha value is -2.34. The molecule has 0 spiro atoms. The predicted molar refractivity (Wildman–Crippen MR) is 93.6 cm³/mol. The van der Waals surface area contributed by atoms with Crippen molar-refractivity contribution in [1.82, 2.24) is 4.90 Å². The predicted octanol–water partition coefficient (Wildman–Crippen LogP) is 4.68. The number of nitrogens with zero attached hydrogens (tertiary/aromatic N) is 1. The Labute approximate surface area is 151 Å². The van der Waals surface area contributed by atoms with Gasteiger partial charge in [-0.3, -0.25) is 4.79 Å². The van der Waals surface area contributed by atoms with Gasteiger partial charge >= 0.3 is 6.18 Å². The van der Waals surface area contributed by atoms with E-state index in [4.69, 9.17) is 0 Å². The monoisotopic (exact) mass is 365 g/mol. The summed E-state index contributed by atoms with van der Waals surface area (Å²) < 4.78 is 38.8. The molecule has 0 aliphatic heterocycles. The van der Waals surface area contributed by atoms with Crippen LogP contribution < -0.4 is 0 Å². The molecule has 2 rings (SSSR count). The van der Waals surface area contributed by atoms with Crippen LogP contribution in [0.25, 0.3) is 0 Å². The number of hydrogen-bond donors (Lipinski definition) is 1. The second-order valence-electron chi connectivity index (χ2n) is 6.33. The Kier molecular flexibility index (Phi) is 5.76. The molecule has 0 fully saturated rings. The molecule has 140 valence electrons. The van der Waals surface area contributed by atoms with Crippen LogP contribution in [0.5, 0.6) is 0 Å². The lowest BCUT2D eigenvalue weighted by Gasteiger charge is -2.29. The number of amides is 1. The Morgan fingerprint density at radius 1 is 1.08 bits per heavy atom. The molecule has 1 N–H and O–H groups in total. The zero-order valence-corrected chi connectivity index (χ0v) is 14.9. The third-order valence-electron chi connectivity index (χ3n) is 4.60. The molecule has 2 aromatic rings. The first-order valence-electron chi connectivity index (χ1n) is 8.35. The average molecular weight is 365 g/mol. The van der Waals surface area contributed by atoms with Gasteiger partial charge in [0.15, 0.2) is 5.60 Å². The zero-order valence-electron chi connectivity index (χ0n) is 14.9. The van der Waals surface area contributed by atoms with Crippen molar-refractivity contribution in [2.24, 2.45) is 0 Å². The van der Waals surface area contributed by atoms with E-state index in [9.17, 15) is 23.1 Å². The fourth-order valence-corrected chi connectivity index (χ4v) is 2.77. The number of hydrogen-bond acceptors (Lipinski definition) is 2. The fraction of sp³-hybridized carbons (Fsp3) is 0.350. The van der Waals surface area contributed by atoms with Gasteiger partial charge in [-0.25, -0.2) is 0 Å². The van der Waals surface area contributed by atoms with Gasteiger partial charge in [-0.15, -0.1) is 0 Å². The third kappa shape index (κ3) is 3.90. The highest BCUT2D eigenvalue weighted by atomic mass is 19.4. The highest BCUT2D eigenvalue weighted by Crippen LogP contribution is 2.38. The van der Waals surface area contributed by atoms with E-state index in [0.29, 0.717) is 13.5 Å². The molecule has 2 atom stereocenters. The van der Waals surface area contributed by atoms with Crippen LogP contribution in [0, 0.1) is 0 Å². The molecule has 3 nitrogen and oxygen atoms in total. The highest BCUT2D eigenvalue weighted by molar-refractivity contribution is 5.94. The first-order valence-corrected chi connectivity index (χ1v) is 8.35. The summed E-state index contributed by atoms with van der Waals surface area (Å²) in [6.45, 7) is 4.90. The second-order valence-corrected chi connectivity index (χ2v) is 6.33. The zero-order chi connectivity index (χ0) is 19.5. The molecule has 0 aromatic heterocycles. The summed E-state index contributed by atoms with van der Waals surface area (Å²) in [7, 11) is 0. The van der Waals surface area contributed by atoms with Gasteiger partial charge in [0.25, 0.3) is 5.91 Å². The van der Waals surface area contributed by atoms with Crippen molar-refractivity contribution in [3.63, 3.8) is 0 Å². The van der Waals surface area contributed by atoms with E-state index in [1.54, 1.807) is 4.90 Å². The van der Waals surface area contributed by atoms with Gasteiger partial charge in [0.2, 0.25) is 0 Å². The molecular formula is C20H22F3NO2. The molecule has 0 saturated carbocycles. The number of halogens is 3. The molecule has 0 saturated heterocycles. The lowest BCUT2D eigenvalue weighted by atomic mass is 9.94. The standard InChI is InChI=1S/C20H22F3NO2/c1-4-24(14(2)15-8-6-5-7-9-15)18(25)16-10-12-17(13-11-16)19(3,26)20(21,22)23/h5-14,26H,4H2,1-3H3/t14-,19+/m1/s1. The highest BCUT2D eigenvalue weighted by Gasteiger charge is 2.51. The van der Waals surface area contributed by atoms with E-state index >= 15 is 0 Å². The van der Waals surface area contributed by atoms with Crippen molar-refractivity contribution < 1.29 is 23.1 Å². The maximum atomic E-state index is 12.9. The molecule has 0 unspecified atom stereocenters. The van der Waals surface area contributed by atoms with Crippen LogP contribution in [0.2, 0.25) is 0 Å². The maximum Gasteiger partial charge on any atom is 0.421 e. The van der Waals surface area contributed by atoms with Crippen LogP contribution >= 0.6 is 0 Å². The molecule has 1 amide bonds. The van der Waals surface area contributed by atoms with Crippen LogP contribution in [-0.4, -0.2) is 28.6 Å². The first-order chi connectivity index (χ1) is 12.1. The summed E-state index contributed by atoms with van der Waals surface area (Å²) in [5.41, 5.74) is -2.02. The number of aliphatic hydroxyl groups is 1. The van der Waals surface area contributed by atoms with E-state index < -0.39 is 11.8 Å². The van der Waals surface area contributed by atoms with Crippen LogP contribution in [0.4, 0.5) is 13.2 Å². The van der Waals surface area contributed by atoms with Crippen molar-refractivity contribution in [3.8, 4) is 0 Å². The minimum atomic E-state index is -4.80. The number of rotatable bonds is 5. The molecule has 0 aliphatic rings. The van der Waals surface area contributed by atoms with Gasteiger partial charge in [-0.1, -0.05) is 42.5 Å². The van der Waals surface area contributed by atoms with E-state index in [1.165, 1.54) is 12.1 Å². The molecule has 0 aliphatic carbocycles. The number of carbonyl (C=O) groups is 1. The molecule has 6 heteroatoms. The molecular weight excluding hydrogens is 343 g/mol. The SMILES string of the molecule is CCN(C(=O)c1ccc([C@](C)(O)C(F)(F)F)cc1)[C@H](C)c1ccccc1. The van der Waals surface area contributed by atoms with Gasteiger partial charge in [-0.05, 0) is 44.0 Å². The summed E-state index contributed by atoms with van der Waals surface area (Å²) in [6.07, 6.45) is -4.80. The van der Waals surface area contributed by atoms with Gasteiger partial charge in [0, 0.05) is 12.1 Å². The van der Waals surface area contributed by atoms with Crippen molar-refractivity contribution in [1.29, 1.82) is 0 Å². The first kappa shape index (κ1) is 20.0. The van der Waals surface area contributed by atoms with E-state index in [0.717, 1.165) is 17.7 Å². The van der Waals surface area contributed by atoms with Gasteiger partial charge < -0.3 is 10.0 Å². The second kappa shape index (κ2) is 7.50. The van der Waals surface area contributed by atoms with Crippen molar-refractivity contribution in [2.75, 3.05) is 6.54 Å². The molecule has 26 heavy (non-hydrogen) atoms. The summed E-state index contributed by atoms with van der Waals surface area (Å²) >= 11 is 0. The normalized spacial score (nSPS) is 15.2. The molecule has 0 radical (unpaired) electrons. The summed E-state index contributed by atoms with van der Waals surface area (Å²) in [6, 6.07) is 14.2. The Morgan fingerprint density at radius 3 is 2.08 bits per heavy atom. The number of alkyl halides is 3. The Balaban J connectivity index is 2.26. The number of carbonyl (C=O) groups excluding carboxylic acids is 1. The van der Waals surface area contributed by atoms with E-state index in [1.807, 2.05) is 44.2 Å². The van der Waals surface area contributed by atoms with Crippen molar-refractivity contribution >= 4 is 5.91 Å².